The summed E-state index contributed by atoms with van der Waals surface area (Å²) >= 11 is 16.5. The molecule has 2 aromatic carbocycles. The normalized spacial score (nSPS) is 10.9. The third-order valence-electron chi connectivity index (χ3n) is 4.59. The molecular weight excluding hydrogens is 553 g/mol. The molecule has 0 aliphatic carbocycles. The quantitative estimate of drug-likeness (QED) is 0.302. The van der Waals surface area contributed by atoms with Crippen LogP contribution in [0, 0.1) is 0 Å². The molecule has 4 rings (SSSR count). The van der Waals surface area contributed by atoms with E-state index in [0.717, 1.165) is 16.0 Å². The molecule has 7 nitrogen and oxygen atoms in total. The Kier molecular flexibility index (Phi) is 6.85. The number of fused-ring (bicyclic) bond motifs is 1. The van der Waals surface area contributed by atoms with Crippen molar-refractivity contribution in [2.24, 2.45) is 0 Å². The van der Waals surface area contributed by atoms with Crippen LogP contribution in [0.1, 0.15) is 27.8 Å². The number of nitrogens with one attached hydrogen (secondary N) is 1. The summed E-state index contributed by atoms with van der Waals surface area (Å²) in [5.74, 6) is -1.19. The molecule has 0 atom stereocenters. The standard InChI is InChI=1S/C22H14BrCl2N3O4S/c1-2-32-22(31)18-15-10-33-20(26-19(29)14-9-11(23)3-8-16(14)25)17(15)21(30)28(27-18)13-6-4-12(24)5-7-13/h3-10H,2H2,1H3,(H,26,29). The Hall–Kier alpha value is -2.72. The molecule has 168 valence electrons. The minimum atomic E-state index is -0.684. The molecule has 4 aromatic rings. The van der Waals surface area contributed by atoms with Gasteiger partial charge in [-0.05, 0) is 49.4 Å². The summed E-state index contributed by atoms with van der Waals surface area (Å²) in [6.45, 7) is 1.81. The number of hydrogen-bond acceptors (Lipinski definition) is 6. The summed E-state index contributed by atoms with van der Waals surface area (Å²) in [6, 6.07) is 11.3. The van der Waals surface area contributed by atoms with E-state index >= 15 is 0 Å². The number of rotatable bonds is 5. The van der Waals surface area contributed by atoms with Crippen LogP contribution in [0.25, 0.3) is 16.5 Å². The molecule has 0 radical (unpaired) electrons. The Bertz CT molecular complexity index is 1450. The molecule has 1 N–H and O–H groups in total. The smallest absolute Gasteiger partial charge is 0.359 e. The molecule has 0 aliphatic rings. The van der Waals surface area contributed by atoms with Crippen molar-refractivity contribution in [1.29, 1.82) is 0 Å². The zero-order chi connectivity index (χ0) is 23.7. The molecule has 1 amide bonds. The molecule has 0 fully saturated rings. The van der Waals surface area contributed by atoms with Crippen molar-refractivity contribution in [2.75, 3.05) is 11.9 Å². The first-order valence-corrected chi connectivity index (χ1v) is 12.0. The molecule has 0 aliphatic heterocycles. The SMILES string of the molecule is CCOC(=O)c1nn(-c2ccc(Cl)cc2)c(=O)c2c(NC(=O)c3cc(Br)ccc3Cl)scc12. The van der Waals surface area contributed by atoms with Gasteiger partial charge in [-0.1, -0.05) is 39.1 Å². The van der Waals surface area contributed by atoms with E-state index in [1.54, 1.807) is 54.8 Å². The summed E-state index contributed by atoms with van der Waals surface area (Å²) in [5.41, 5.74) is 0.0662. The average molecular weight is 567 g/mol. The van der Waals surface area contributed by atoms with Crippen LogP contribution in [0.15, 0.2) is 57.1 Å². The van der Waals surface area contributed by atoms with E-state index in [-0.39, 0.29) is 38.7 Å². The van der Waals surface area contributed by atoms with Crippen LogP contribution in [0.4, 0.5) is 5.00 Å². The summed E-state index contributed by atoms with van der Waals surface area (Å²) in [6.07, 6.45) is 0. The minimum Gasteiger partial charge on any atom is -0.461 e. The molecule has 0 saturated heterocycles. The number of esters is 1. The number of carbonyl (C=O) groups is 2. The van der Waals surface area contributed by atoms with Gasteiger partial charge in [0.2, 0.25) is 0 Å². The lowest BCUT2D eigenvalue weighted by molar-refractivity contribution is 0.0520. The molecule has 2 aromatic heterocycles. The second kappa shape index (κ2) is 9.64. The number of benzene rings is 2. The number of carbonyl (C=O) groups excluding carboxylic acids is 2. The van der Waals surface area contributed by atoms with Crippen molar-refractivity contribution in [3.8, 4) is 5.69 Å². The number of nitrogens with zero attached hydrogens (tertiary/aromatic N) is 2. The zero-order valence-electron chi connectivity index (χ0n) is 16.9. The molecule has 0 spiro atoms. The van der Waals surface area contributed by atoms with E-state index in [9.17, 15) is 14.4 Å². The second-order valence-electron chi connectivity index (χ2n) is 6.69. The zero-order valence-corrected chi connectivity index (χ0v) is 20.8. The Morgan fingerprint density at radius 1 is 1.18 bits per heavy atom. The van der Waals surface area contributed by atoms with Gasteiger partial charge in [-0.25, -0.2) is 4.79 Å². The van der Waals surface area contributed by atoms with E-state index in [2.05, 4.69) is 26.3 Å². The van der Waals surface area contributed by atoms with Crippen LogP contribution < -0.4 is 10.9 Å². The fourth-order valence-corrected chi connectivity index (χ4v) is 4.71. The molecule has 11 heteroatoms. The van der Waals surface area contributed by atoms with Crippen molar-refractivity contribution in [3.05, 3.63) is 84.0 Å². The van der Waals surface area contributed by atoms with Crippen LogP contribution in [0.5, 0.6) is 0 Å². The van der Waals surface area contributed by atoms with Crippen LogP contribution >= 0.6 is 50.5 Å². The number of aromatic nitrogens is 2. The van der Waals surface area contributed by atoms with Gasteiger partial charge in [0.05, 0.1) is 28.3 Å². The lowest BCUT2D eigenvalue weighted by Crippen LogP contribution is -2.25. The first kappa shape index (κ1) is 23.4. The first-order valence-electron chi connectivity index (χ1n) is 9.54. The lowest BCUT2D eigenvalue weighted by Gasteiger charge is -2.10. The fraction of sp³-hybridized carbons (Fsp3) is 0.0909. The van der Waals surface area contributed by atoms with Crippen LogP contribution in [-0.2, 0) is 4.74 Å². The summed E-state index contributed by atoms with van der Waals surface area (Å²) in [4.78, 5) is 38.9. The maximum Gasteiger partial charge on any atom is 0.359 e. The highest BCUT2D eigenvalue weighted by molar-refractivity contribution is 9.10. The van der Waals surface area contributed by atoms with Crippen molar-refractivity contribution in [1.82, 2.24) is 9.78 Å². The van der Waals surface area contributed by atoms with Gasteiger partial charge in [-0.3, -0.25) is 9.59 Å². The van der Waals surface area contributed by atoms with Gasteiger partial charge in [0.25, 0.3) is 11.5 Å². The molecule has 0 saturated carbocycles. The van der Waals surface area contributed by atoms with E-state index in [4.69, 9.17) is 27.9 Å². The van der Waals surface area contributed by atoms with Crippen LogP contribution in [-0.4, -0.2) is 28.3 Å². The monoisotopic (exact) mass is 565 g/mol. The van der Waals surface area contributed by atoms with E-state index < -0.39 is 17.4 Å². The fourth-order valence-electron chi connectivity index (χ4n) is 3.09. The molecule has 0 unspecified atom stereocenters. The third-order valence-corrected chi connectivity index (χ3v) is 6.56. The van der Waals surface area contributed by atoms with E-state index in [1.807, 2.05) is 0 Å². The predicted octanol–water partition coefficient (Wildman–Crippen LogP) is 5.95. The summed E-state index contributed by atoms with van der Waals surface area (Å²) < 4.78 is 6.89. The molecule has 33 heavy (non-hydrogen) atoms. The molecule has 0 bridgehead atoms. The van der Waals surface area contributed by atoms with Crippen molar-refractivity contribution >= 4 is 78.1 Å². The van der Waals surface area contributed by atoms with Gasteiger partial charge in [0.15, 0.2) is 5.69 Å². The van der Waals surface area contributed by atoms with Crippen molar-refractivity contribution in [2.45, 2.75) is 6.92 Å². The van der Waals surface area contributed by atoms with Gasteiger partial charge in [-0.15, -0.1) is 11.3 Å². The van der Waals surface area contributed by atoms with Crippen molar-refractivity contribution < 1.29 is 14.3 Å². The van der Waals surface area contributed by atoms with Gasteiger partial charge in [0, 0.05) is 20.3 Å². The van der Waals surface area contributed by atoms with Crippen LogP contribution in [0.3, 0.4) is 0 Å². The maximum absolute atomic E-state index is 13.4. The summed E-state index contributed by atoms with van der Waals surface area (Å²) in [5, 5.41) is 9.97. The second-order valence-corrected chi connectivity index (χ2v) is 9.33. The van der Waals surface area contributed by atoms with E-state index in [0.29, 0.717) is 15.2 Å². The highest BCUT2D eigenvalue weighted by Crippen LogP contribution is 2.32. The first-order chi connectivity index (χ1) is 15.8. The predicted molar refractivity (Wildman–Crippen MR) is 133 cm³/mol. The topological polar surface area (TPSA) is 90.3 Å². The molecule has 2 heterocycles. The van der Waals surface area contributed by atoms with Gasteiger partial charge >= 0.3 is 5.97 Å². The van der Waals surface area contributed by atoms with Crippen molar-refractivity contribution in [3.63, 3.8) is 0 Å². The number of thiophene rings is 1. The number of halogens is 3. The number of anilines is 1. The van der Waals surface area contributed by atoms with Gasteiger partial charge in [-0.2, -0.15) is 9.78 Å². The maximum atomic E-state index is 13.4. The Morgan fingerprint density at radius 2 is 1.91 bits per heavy atom. The highest BCUT2D eigenvalue weighted by Gasteiger charge is 2.24. The third kappa shape index (κ3) is 4.67. The van der Waals surface area contributed by atoms with E-state index in [1.165, 1.54) is 0 Å². The number of ether oxygens (including phenoxy) is 1. The highest BCUT2D eigenvalue weighted by atomic mass is 79.9. The lowest BCUT2D eigenvalue weighted by atomic mass is 10.2. The minimum absolute atomic E-state index is 0.0429. The Morgan fingerprint density at radius 3 is 2.61 bits per heavy atom. The Balaban J connectivity index is 1.89. The number of hydrogen-bond donors (Lipinski definition) is 1. The Labute approximate surface area is 210 Å². The average Bonchev–Trinajstić information content (AvgIpc) is 3.20. The van der Waals surface area contributed by atoms with Crippen LogP contribution in [0.2, 0.25) is 10.0 Å². The summed E-state index contributed by atoms with van der Waals surface area (Å²) in [7, 11) is 0. The largest absolute Gasteiger partial charge is 0.461 e. The number of amides is 1. The molecular formula is C22H14BrCl2N3O4S. The van der Waals surface area contributed by atoms with Gasteiger partial charge < -0.3 is 10.1 Å². The van der Waals surface area contributed by atoms with Gasteiger partial charge in [0.1, 0.15) is 5.00 Å².